The molecule has 2 aliphatic heterocycles. The van der Waals surface area contributed by atoms with Gasteiger partial charge in [-0.3, -0.25) is 9.89 Å². The van der Waals surface area contributed by atoms with Crippen LogP contribution < -0.4 is 5.73 Å². The van der Waals surface area contributed by atoms with Gasteiger partial charge in [0.15, 0.2) is 5.96 Å². The van der Waals surface area contributed by atoms with Crippen LogP contribution in [0.4, 0.5) is 0 Å². The zero-order chi connectivity index (χ0) is 14.6. The van der Waals surface area contributed by atoms with Crippen molar-refractivity contribution in [3.8, 4) is 0 Å². The van der Waals surface area contributed by atoms with Crippen molar-refractivity contribution in [1.82, 2.24) is 9.80 Å². The molecule has 0 aromatic carbocycles. The molecule has 116 valence electrons. The minimum Gasteiger partial charge on any atom is -0.379 e. The number of piperidine rings is 1. The van der Waals surface area contributed by atoms with Gasteiger partial charge in [0.2, 0.25) is 0 Å². The van der Waals surface area contributed by atoms with Crippen molar-refractivity contribution in [3.63, 3.8) is 0 Å². The zero-order valence-corrected chi connectivity index (χ0v) is 13.3. The third-order valence-electron chi connectivity index (χ3n) is 4.48. The van der Waals surface area contributed by atoms with Crippen LogP contribution in [0.2, 0.25) is 0 Å². The molecule has 2 heterocycles. The van der Waals surface area contributed by atoms with Crippen molar-refractivity contribution in [2.24, 2.45) is 16.6 Å². The lowest BCUT2D eigenvalue weighted by molar-refractivity contribution is -0.00689. The van der Waals surface area contributed by atoms with E-state index in [1.165, 1.54) is 12.8 Å². The van der Waals surface area contributed by atoms with Crippen LogP contribution in [0, 0.1) is 5.92 Å². The normalized spacial score (nSPS) is 26.9. The van der Waals surface area contributed by atoms with Crippen LogP contribution in [0.1, 0.15) is 33.6 Å². The third-order valence-corrected chi connectivity index (χ3v) is 4.48. The summed E-state index contributed by atoms with van der Waals surface area (Å²) in [6.45, 7) is 13.3. The molecule has 20 heavy (non-hydrogen) atoms. The fourth-order valence-corrected chi connectivity index (χ4v) is 3.04. The van der Waals surface area contributed by atoms with Crippen molar-refractivity contribution < 1.29 is 4.74 Å². The molecule has 2 aliphatic rings. The summed E-state index contributed by atoms with van der Waals surface area (Å²) in [6, 6.07) is 0. The quantitative estimate of drug-likeness (QED) is 0.623. The van der Waals surface area contributed by atoms with Crippen LogP contribution in [0.25, 0.3) is 0 Å². The Morgan fingerprint density at radius 3 is 2.65 bits per heavy atom. The van der Waals surface area contributed by atoms with E-state index in [0.29, 0.717) is 0 Å². The standard InChI is InChI=1S/C15H30N4O/c1-13-5-4-6-18(11-13)14(16)17-12-15(2,3)19-7-9-20-10-8-19/h13H,4-12H2,1-3H3,(H2,16,17). The Bertz CT molecular complexity index is 337. The van der Waals surface area contributed by atoms with Crippen molar-refractivity contribution >= 4 is 5.96 Å². The van der Waals surface area contributed by atoms with Gasteiger partial charge in [0, 0.05) is 31.7 Å². The Labute approximate surface area is 123 Å². The van der Waals surface area contributed by atoms with E-state index in [0.717, 1.165) is 57.8 Å². The summed E-state index contributed by atoms with van der Waals surface area (Å²) in [7, 11) is 0. The lowest BCUT2D eigenvalue weighted by Crippen LogP contribution is -2.52. The molecule has 0 radical (unpaired) electrons. The molecule has 2 fully saturated rings. The number of guanidine groups is 1. The third kappa shape index (κ3) is 4.09. The van der Waals surface area contributed by atoms with Crippen LogP contribution >= 0.6 is 0 Å². The SMILES string of the molecule is CC1CCCN(C(N)=NCC(C)(C)N2CCOCC2)C1. The molecule has 0 aromatic heterocycles. The second-order valence-electron chi connectivity index (χ2n) is 6.78. The van der Waals surface area contributed by atoms with Gasteiger partial charge in [-0.15, -0.1) is 0 Å². The number of hydrogen-bond donors (Lipinski definition) is 1. The molecule has 2 saturated heterocycles. The Hall–Kier alpha value is -0.810. The molecule has 5 heteroatoms. The van der Waals surface area contributed by atoms with Crippen LogP contribution in [0.3, 0.4) is 0 Å². The highest BCUT2D eigenvalue weighted by Gasteiger charge is 2.28. The Morgan fingerprint density at radius 2 is 2.00 bits per heavy atom. The van der Waals surface area contributed by atoms with Crippen LogP contribution in [0.15, 0.2) is 4.99 Å². The molecule has 2 N–H and O–H groups in total. The minimum atomic E-state index is 0.0514. The number of nitrogens with zero attached hydrogens (tertiary/aromatic N) is 3. The lowest BCUT2D eigenvalue weighted by Gasteiger charge is -2.40. The number of ether oxygens (including phenoxy) is 1. The van der Waals surface area contributed by atoms with E-state index in [-0.39, 0.29) is 5.54 Å². The van der Waals surface area contributed by atoms with Gasteiger partial charge in [0.25, 0.3) is 0 Å². The Kier molecular flexibility index (Phi) is 5.27. The van der Waals surface area contributed by atoms with Crippen molar-refractivity contribution in [1.29, 1.82) is 0 Å². The van der Waals surface area contributed by atoms with E-state index < -0.39 is 0 Å². The van der Waals surface area contributed by atoms with Gasteiger partial charge in [0.05, 0.1) is 19.8 Å². The average molecular weight is 282 g/mol. The first-order chi connectivity index (χ1) is 9.49. The molecule has 5 nitrogen and oxygen atoms in total. The van der Waals surface area contributed by atoms with E-state index in [4.69, 9.17) is 10.5 Å². The summed E-state index contributed by atoms with van der Waals surface area (Å²) < 4.78 is 5.42. The number of nitrogens with two attached hydrogens (primary N) is 1. The summed E-state index contributed by atoms with van der Waals surface area (Å²) in [4.78, 5) is 9.36. The smallest absolute Gasteiger partial charge is 0.191 e. The topological polar surface area (TPSA) is 54.1 Å². The van der Waals surface area contributed by atoms with Gasteiger partial charge < -0.3 is 15.4 Å². The van der Waals surface area contributed by atoms with Crippen molar-refractivity contribution in [2.75, 3.05) is 45.9 Å². The van der Waals surface area contributed by atoms with E-state index in [9.17, 15) is 0 Å². The van der Waals surface area contributed by atoms with E-state index >= 15 is 0 Å². The highest BCUT2D eigenvalue weighted by atomic mass is 16.5. The average Bonchev–Trinajstić information content (AvgIpc) is 2.46. The van der Waals surface area contributed by atoms with Crippen molar-refractivity contribution in [2.45, 2.75) is 39.2 Å². The van der Waals surface area contributed by atoms with Crippen LogP contribution in [0.5, 0.6) is 0 Å². The number of likely N-dealkylation sites (tertiary alicyclic amines) is 1. The highest BCUT2D eigenvalue weighted by Crippen LogP contribution is 2.18. The summed E-state index contributed by atoms with van der Waals surface area (Å²) in [6.07, 6.45) is 2.54. The molecular weight excluding hydrogens is 252 g/mol. The highest BCUT2D eigenvalue weighted by molar-refractivity contribution is 5.78. The monoisotopic (exact) mass is 282 g/mol. The van der Waals surface area contributed by atoms with Gasteiger partial charge in [-0.1, -0.05) is 6.92 Å². The summed E-state index contributed by atoms with van der Waals surface area (Å²) in [5.74, 6) is 1.45. The van der Waals surface area contributed by atoms with Crippen molar-refractivity contribution in [3.05, 3.63) is 0 Å². The lowest BCUT2D eigenvalue weighted by atomic mass is 10.0. The van der Waals surface area contributed by atoms with E-state index in [1.807, 2.05) is 0 Å². The fraction of sp³-hybridized carbons (Fsp3) is 0.933. The maximum absolute atomic E-state index is 6.18. The first kappa shape index (κ1) is 15.6. The Balaban J connectivity index is 1.89. The van der Waals surface area contributed by atoms with Gasteiger partial charge in [-0.2, -0.15) is 0 Å². The molecule has 0 saturated carbocycles. The summed E-state index contributed by atoms with van der Waals surface area (Å²) in [5.41, 5.74) is 6.23. The largest absolute Gasteiger partial charge is 0.379 e. The second kappa shape index (κ2) is 6.76. The van der Waals surface area contributed by atoms with Gasteiger partial charge in [-0.25, -0.2) is 0 Å². The molecule has 0 aliphatic carbocycles. The van der Waals surface area contributed by atoms with E-state index in [2.05, 4.69) is 35.6 Å². The van der Waals surface area contributed by atoms with Gasteiger partial charge in [0.1, 0.15) is 0 Å². The molecule has 1 unspecified atom stereocenters. The molecule has 0 bridgehead atoms. The molecular formula is C15H30N4O. The number of morpholine rings is 1. The maximum atomic E-state index is 6.18. The fourth-order valence-electron chi connectivity index (χ4n) is 3.04. The number of rotatable bonds is 3. The van der Waals surface area contributed by atoms with Gasteiger partial charge in [-0.05, 0) is 32.6 Å². The molecule has 1 atom stereocenters. The number of hydrogen-bond acceptors (Lipinski definition) is 3. The maximum Gasteiger partial charge on any atom is 0.191 e. The van der Waals surface area contributed by atoms with Gasteiger partial charge >= 0.3 is 0 Å². The predicted octanol–water partition coefficient (Wildman–Crippen LogP) is 1.14. The molecule has 0 aromatic rings. The summed E-state index contributed by atoms with van der Waals surface area (Å²) in [5, 5.41) is 0. The zero-order valence-electron chi connectivity index (χ0n) is 13.3. The molecule has 2 rings (SSSR count). The van der Waals surface area contributed by atoms with E-state index in [1.54, 1.807) is 0 Å². The second-order valence-corrected chi connectivity index (χ2v) is 6.78. The summed E-state index contributed by atoms with van der Waals surface area (Å²) >= 11 is 0. The van der Waals surface area contributed by atoms with Crippen LogP contribution in [-0.2, 0) is 4.74 Å². The minimum absolute atomic E-state index is 0.0514. The first-order valence-electron chi connectivity index (χ1n) is 7.87. The number of aliphatic imine (C=N–C) groups is 1. The Morgan fingerprint density at radius 1 is 1.30 bits per heavy atom. The molecule has 0 spiro atoms. The molecule has 0 amide bonds. The predicted molar refractivity (Wildman–Crippen MR) is 82.9 cm³/mol. The van der Waals surface area contributed by atoms with Crippen LogP contribution in [-0.4, -0.2) is 67.2 Å². The first-order valence-corrected chi connectivity index (χ1v) is 7.87.